The Morgan fingerprint density at radius 2 is 1.85 bits per heavy atom. The summed E-state index contributed by atoms with van der Waals surface area (Å²) in [5.74, 6) is -0.219. The number of aryl methyl sites for hydroxylation is 1. The third-order valence-electron chi connectivity index (χ3n) is 3.54. The molecule has 2 N–H and O–H groups in total. The van der Waals surface area contributed by atoms with Crippen molar-refractivity contribution in [3.8, 4) is 0 Å². The van der Waals surface area contributed by atoms with Crippen molar-refractivity contribution in [2.75, 3.05) is 0 Å². The molecule has 0 radical (unpaired) electrons. The van der Waals surface area contributed by atoms with E-state index in [9.17, 15) is 4.39 Å². The summed E-state index contributed by atoms with van der Waals surface area (Å²) >= 11 is 0. The molecular formula is C16H16FN3. The minimum absolute atomic E-state index is 0.219. The van der Waals surface area contributed by atoms with E-state index in [1.807, 2.05) is 42.1 Å². The first-order chi connectivity index (χ1) is 9.66. The number of benzene rings is 2. The largest absolute Gasteiger partial charge is 0.322 e. The van der Waals surface area contributed by atoms with E-state index in [0.29, 0.717) is 12.0 Å². The zero-order valence-electron chi connectivity index (χ0n) is 11.3. The van der Waals surface area contributed by atoms with E-state index in [1.54, 1.807) is 12.1 Å². The van der Waals surface area contributed by atoms with Crippen molar-refractivity contribution in [2.24, 2.45) is 12.8 Å². The van der Waals surface area contributed by atoms with Crippen LogP contribution in [0.4, 0.5) is 4.39 Å². The molecule has 0 bridgehead atoms. The highest BCUT2D eigenvalue weighted by atomic mass is 19.1. The van der Waals surface area contributed by atoms with Crippen molar-refractivity contribution in [3.63, 3.8) is 0 Å². The molecular weight excluding hydrogens is 253 g/mol. The molecule has 0 aliphatic rings. The van der Waals surface area contributed by atoms with E-state index < -0.39 is 0 Å². The normalized spacial score (nSPS) is 12.8. The Hall–Kier alpha value is -2.20. The second kappa shape index (κ2) is 5.06. The highest BCUT2D eigenvalue weighted by Crippen LogP contribution is 2.24. The molecule has 1 aromatic heterocycles. The Kier molecular flexibility index (Phi) is 3.24. The molecule has 3 aromatic rings. The molecule has 20 heavy (non-hydrogen) atoms. The van der Waals surface area contributed by atoms with Gasteiger partial charge in [-0.1, -0.05) is 36.4 Å². The number of hydrogen-bond donors (Lipinski definition) is 1. The summed E-state index contributed by atoms with van der Waals surface area (Å²) in [6.45, 7) is 0. The van der Waals surface area contributed by atoms with Gasteiger partial charge >= 0.3 is 0 Å². The predicted molar refractivity (Wildman–Crippen MR) is 77.7 cm³/mol. The maximum Gasteiger partial charge on any atom is 0.126 e. The highest BCUT2D eigenvalue weighted by molar-refractivity contribution is 5.82. The van der Waals surface area contributed by atoms with Crippen molar-refractivity contribution in [3.05, 3.63) is 65.6 Å². The summed E-state index contributed by atoms with van der Waals surface area (Å²) in [5.41, 5.74) is 8.70. The lowest BCUT2D eigenvalue weighted by atomic mass is 10.0. The van der Waals surface area contributed by atoms with Gasteiger partial charge in [0.1, 0.15) is 5.82 Å². The molecule has 0 aliphatic carbocycles. The zero-order valence-corrected chi connectivity index (χ0v) is 11.3. The van der Waals surface area contributed by atoms with E-state index >= 15 is 0 Å². The van der Waals surface area contributed by atoms with Crippen molar-refractivity contribution < 1.29 is 4.39 Å². The van der Waals surface area contributed by atoms with Gasteiger partial charge in [-0.25, -0.2) is 4.39 Å². The van der Waals surface area contributed by atoms with Crippen LogP contribution in [0, 0.1) is 5.82 Å². The molecule has 0 saturated heterocycles. The fraction of sp³-hybridized carbons (Fsp3) is 0.188. The number of para-hydroxylation sites is 1. The molecule has 4 heteroatoms. The van der Waals surface area contributed by atoms with Crippen LogP contribution in [-0.4, -0.2) is 9.78 Å². The molecule has 0 fully saturated rings. The number of hydrogen-bond acceptors (Lipinski definition) is 2. The van der Waals surface area contributed by atoms with Gasteiger partial charge in [0.2, 0.25) is 0 Å². The maximum atomic E-state index is 13.7. The number of rotatable bonds is 3. The Morgan fingerprint density at radius 1 is 1.15 bits per heavy atom. The van der Waals surface area contributed by atoms with Crippen molar-refractivity contribution in [2.45, 2.75) is 12.5 Å². The minimum Gasteiger partial charge on any atom is -0.322 e. The van der Waals surface area contributed by atoms with E-state index in [1.165, 1.54) is 6.07 Å². The first-order valence-corrected chi connectivity index (χ1v) is 6.57. The van der Waals surface area contributed by atoms with Crippen LogP contribution in [0.1, 0.15) is 17.3 Å². The standard InChI is InChI=1S/C16H16FN3/c1-20-15-9-5-3-7-12(15)16(19-20)14(18)10-11-6-2-4-8-13(11)17/h2-9,14H,10,18H2,1H3. The van der Waals surface area contributed by atoms with E-state index in [0.717, 1.165) is 16.6 Å². The first-order valence-electron chi connectivity index (χ1n) is 6.57. The molecule has 1 atom stereocenters. The third-order valence-corrected chi connectivity index (χ3v) is 3.54. The van der Waals surface area contributed by atoms with Crippen LogP contribution in [0.25, 0.3) is 10.9 Å². The summed E-state index contributed by atoms with van der Waals surface area (Å²) in [7, 11) is 1.89. The second-order valence-electron chi connectivity index (χ2n) is 4.93. The summed E-state index contributed by atoms with van der Waals surface area (Å²) in [6, 6.07) is 14.3. The summed E-state index contributed by atoms with van der Waals surface area (Å²) in [5, 5.41) is 5.51. The van der Waals surface area contributed by atoms with Crippen LogP contribution in [0.15, 0.2) is 48.5 Å². The van der Waals surface area contributed by atoms with Gasteiger partial charge < -0.3 is 5.73 Å². The van der Waals surface area contributed by atoms with Gasteiger partial charge in [0.15, 0.2) is 0 Å². The lowest BCUT2D eigenvalue weighted by Crippen LogP contribution is -2.15. The van der Waals surface area contributed by atoms with Gasteiger partial charge in [-0.2, -0.15) is 5.10 Å². The molecule has 1 heterocycles. The molecule has 102 valence electrons. The number of aromatic nitrogens is 2. The van der Waals surface area contributed by atoms with Gasteiger partial charge in [0.25, 0.3) is 0 Å². The lowest BCUT2D eigenvalue weighted by molar-refractivity contribution is 0.587. The molecule has 0 aliphatic heterocycles. The second-order valence-corrected chi connectivity index (χ2v) is 4.93. The van der Waals surface area contributed by atoms with Crippen LogP contribution in [0.3, 0.4) is 0 Å². The van der Waals surface area contributed by atoms with Gasteiger partial charge in [-0.15, -0.1) is 0 Å². The quantitative estimate of drug-likeness (QED) is 0.794. The molecule has 0 spiro atoms. The van der Waals surface area contributed by atoms with Crippen LogP contribution in [0.5, 0.6) is 0 Å². The molecule has 3 rings (SSSR count). The Labute approximate surface area is 116 Å². The van der Waals surface area contributed by atoms with Crippen molar-refractivity contribution in [1.82, 2.24) is 9.78 Å². The molecule has 0 amide bonds. The van der Waals surface area contributed by atoms with Crippen molar-refractivity contribution >= 4 is 10.9 Å². The lowest BCUT2D eigenvalue weighted by Gasteiger charge is -2.10. The fourth-order valence-electron chi connectivity index (χ4n) is 2.51. The summed E-state index contributed by atoms with van der Waals surface area (Å²) in [4.78, 5) is 0. The van der Waals surface area contributed by atoms with Crippen LogP contribution >= 0.6 is 0 Å². The van der Waals surface area contributed by atoms with Crippen molar-refractivity contribution in [1.29, 1.82) is 0 Å². The van der Waals surface area contributed by atoms with Gasteiger partial charge in [0.05, 0.1) is 17.3 Å². The number of nitrogens with two attached hydrogens (primary N) is 1. The van der Waals surface area contributed by atoms with Crippen LogP contribution in [0.2, 0.25) is 0 Å². The fourth-order valence-corrected chi connectivity index (χ4v) is 2.51. The van der Waals surface area contributed by atoms with Crippen LogP contribution in [-0.2, 0) is 13.5 Å². The molecule has 3 nitrogen and oxygen atoms in total. The highest BCUT2D eigenvalue weighted by Gasteiger charge is 2.16. The average molecular weight is 269 g/mol. The smallest absolute Gasteiger partial charge is 0.126 e. The number of halogens is 1. The monoisotopic (exact) mass is 269 g/mol. The van der Waals surface area contributed by atoms with Gasteiger partial charge in [-0.05, 0) is 24.1 Å². The summed E-state index contributed by atoms with van der Waals surface area (Å²) in [6.07, 6.45) is 0.438. The Morgan fingerprint density at radius 3 is 2.65 bits per heavy atom. The molecule has 1 unspecified atom stereocenters. The number of fused-ring (bicyclic) bond motifs is 1. The Bertz CT molecular complexity index is 748. The summed E-state index contributed by atoms with van der Waals surface area (Å²) < 4.78 is 15.5. The zero-order chi connectivity index (χ0) is 14.1. The Balaban J connectivity index is 1.97. The third kappa shape index (κ3) is 2.18. The van der Waals surface area contributed by atoms with Crippen LogP contribution < -0.4 is 5.73 Å². The first kappa shape index (κ1) is 12.8. The van der Waals surface area contributed by atoms with Gasteiger partial charge in [-0.3, -0.25) is 4.68 Å². The topological polar surface area (TPSA) is 43.8 Å². The van der Waals surface area contributed by atoms with E-state index in [2.05, 4.69) is 5.10 Å². The van der Waals surface area contributed by atoms with E-state index in [4.69, 9.17) is 5.73 Å². The maximum absolute atomic E-state index is 13.7. The molecule has 2 aromatic carbocycles. The average Bonchev–Trinajstić information content (AvgIpc) is 2.79. The molecule has 0 saturated carbocycles. The van der Waals surface area contributed by atoms with Gasteiger partial charge in [0, 0.05) is 12.4 Å². The number of nitrogens with zero attached hydrogens (tertiary/aromatic N) is 2. The van der Waals surface area contributed by atoms with E-state index in [-0.39, 0.29) is 11.9 Å². The minimum atomic E-state index is -0.321. The SMILES string of the molecule is Cn1nc(C(N)Cc2ccccc2F)c2ccccc21. The predicted octanol–water partition coefficient (Wildman–Crippen LogP) is 2.95.